The monoisotopic (exact) mass is 372 g/mol. The minimum atomic E-state index is -3.29. The Hall–Kier alpha value is -2.38. The summed E-state index contributed by atoms with van der Waals surface area (Å²) in [5.74, 6) is -0.0939. The number of carbonyl (C=O) groups is 1. The highest BCUT2D eigenvalue weighted by Gasteiger charge is 2.28. The Morgan fingerprint density at radius 1 is 1.04 bits per heavy atom. The molecule has 2 aliphatic heterocycles. The van der Waals surface area contributed by atoms with Crippen LogP contribution in [-0.4, -0.2) is 40.3 Å². The van der Waals surface area contributed by atoms with Crippen molar-refractivity contribution in [1.82, 2.24) is 0 Å². The molecule has 2 aromatic rings. The molecular formula is C19H20N2O4S. The van der Waals surface area contributed by atoms with Gasteiger partial charge in [-0.25, -0.2) is 8.42 Å². The summed E-state index contributed by atoms with van der Waals surface area (Å²) in [6.45, 7) is 1.88. The van der Waals surface area contributed by atoms with E-state index in [-0.39, 0.29) is 5.91 Å². The Balaban J connectivity index is 1.68. The van der Waals surface area contributed by atoms with Gasteiger partial charge in [-0.3, -0.25) is 9.10 Å². The average Bonchev–Trinajstić information content (AvgIpc) is 2.94. The lowest BCUT2D eigenvalue weighted by atomic mass is 10.1. The molecule has 136 valence electrons. The van der Waals surface area contributed by atoms with Crippen molar-refractivity contribution in [2.24, 2.45) is 0 Å². The highest BCUT2D eigenvalue weighted by molar-refractivity contribution is 7.92. The van der Waals surface area contributed by atoms with E-state index < -0.39 is 10.0 Å². The molecule has 0 saturated carbocycles. The maximum Gasteiger partial charge on any atom is 0.258 e. The maximum atomic E-state index is 13.1. The number of rotatable bonds is 2. The number of fused-ring (bicyclic) bond motifs is 2. The van der Waals surface area contributed by atoms with Gasteiger partial charge in [-0.15, -0.1) is 0 Å². The van der Waals surface area contributed by atoms with Crippen LogP contribution in [0.4, 0.5) is 11.4 Å². The van der Waals surface area contributed by atoms with Gasteiger partial charge in [-0.2, -0.15) is 0 Å². The molecule has 6 nitrogen and oxygen atoms in total. The van der Waals surface area contributed by atoms with Crippen LogP contribution in [0, 0.1) is 0 Å². The van der Waals surface area contributed by atoms with E-state index in [4.69, 9.17) is 4.74 Å². The van der Waals surface area contributed by atoms with E-state index in [1.807, 2.05) is 30.3 Å². The van der Waals surface area contributed by atoms with Gasteiger partial charge in [0.1, 0.15) is 0 Å². The minimum absolute atomic E-state index is 0.0939. The molecule has 0 bridgehead atoms. The Morgan fingerprint density at radius 3 is 2.65 bits per heavy atom. The number of ether oxygens (including phenoxy) is 1. The lowest BCUT2D eigenvalue weighted by Crippen LogP contribution is -2.33. The highest BCUT2D eigenvalue weighted by Crippen LogP contribution is 2.32. The lowest BCUT2D eigenvalue weighted by Gasteiger charge is -2.23. The molecule has 0 fully saturated rings. The first-order chi connectivity index (χ1) is 12.4. The van der Waals surface area contributed by atoms with Crippen LogP contribution in [0.3, 0.4) is 0 Å². The third-order valence-corrected chi connectivity index (χ3v) is 6.00. The number of hydrogen-bond acceptors (Lipinski definition) is 4. The Kier molecular flexibility index (Phi) is 4.20. The molecule has 2 aliphatic rings. The van der Waals surface area contributed by atoms with E-state index >= 15 is 0 Å². The van der Waals surface area contributed by atoms with Gasteiger partial charge in [0.05, 0.1) is 25.2 Å². The van der Waals surface area contributed by atoms with Gasteiger partial charge < -0.3 is 9.64 Å². The van der Waals surface area contributed by atoms with Crippen LogP contribution in [0.2, 0.25) is 0 Å². The van der Waals surface area contributed by atoms with Crippen LogP contribution in [-0.2, 0) is 27.8 Å². The van der Waals surface area contributed by atoms with E-state index in [1.54, 1.807) is 17.0 Å². The van der Waals surface area contributed by atoms with E-state index in [0.717, 1.165) is 16.8 Å². The molecule has 0 aromatic heterocycles. The molecule has 0 radical (unpaired) electrons. The van der Waals surface area contributed by atoms with Crippen LogP contribution >= 0.6 is 0 Å². The number of benzene rings is 2. The first-order valence-electron chi connectivity index (χ1n) is 8.53. The molecule has 0 saturated heterocycles. The predicted molar refractivity (Wildman–Crippen MR) is 100 cm³/mol. The van der Waals surface area contributed by atoms with Crippen LogP contribution in [0.5, 0.6) is 0 Å². The van der Waals surface area contributed by atoms with Crippen molar-refractivity contribution in [3.8, 4) is 0 Å². The zero-order valence-corrected chi connectivity index (χ0v) is 15.3. The molecule has 0 N–H and O–H groups in total. The zero-order chi connectivity index (χ0) is 18.3. The van der Waals surface area contributed by atoms with Gasteiger partial charge in [-0.1, -0.05) is 18.2 Å². The molecule has 2 heterocycles. The molecule has 0 aliphatic carbocycles. The third kappa shape index (κ3) is 2.97. The summed E-state index contributed by atoms with van der Waals surface area (Å²) in [6, 6.07) is 13.0. The first kappa shape index (κ1) is 17.1. The second-order valence-corrected chi connectivity index (χ2v) is 8.47. The Labute approximate surface area is 153 Å². The predicted octanol–water partition coefficient (Wildman–Crippen LogP) is 2.19. The van der Waals surface area contributed by atoms with E-state index in [9.17, 15) is 13.2 Å². The molecule has 0 spiro atoms. The summed E-state index contributed by atoms with van der Waals surface area (Å²) in [6.07, 6.45) is 1.82. The van der Waals surface area contributed by atoms with Crippen LogP contribution < -0.4 is 9.21 Å². The van der Waals surface area contributed by atoms with Crippen molar-refractivity contribution in [3.05, 3.63) is 59.2 Å². The van der Waals surface area contributed by atoms with Crippen molar-refractivity contribution >= 4 is 27.3 Å². The molecular weight excluding hydrogens is 352 g/mol. The fourth-order valence-electron chi connectivity index (χ4n) is 3.57. The largest absolute Gasteiger partial charge is 0.375 e. The number of sulfonamides is 1. The molecule has 4 rings (SSSR count). The van der Waals surface area contributed by atoms with Gasteiger partial charge in [0.25, 0.3) is 5.91 Å². The quantitative estimate of drug-likeness (QED) is 0.810. The third-order valence-electron chi connectivity index (χ3n) is 4.82. The van der Waals surface area contributed by atoms with Crippen LogP contribution in [0.1, 0.15) is 21.5 Å². The second kappa shape index (κ2) is 6.41. The maximum absolute atomic E-state index is 13.1. The van der Waals surface area contributed by atoms with E-state index in [2.05, 4.69) is 0 Å². The topological polar surface area (TPSA) is 66.9 Å². The number of anilines is 2. The molecule has 7 heteroatoms. The fourth-order valence-corrected chi connectivity index (χ4v) is 4.53. The SMILES string of the molecule is CS(=O)(=O)N1CCc2cc(C(=O)N3CCOCc4ccccc43)ccc21. The highest BCUT2D eigenvalue weighted by atomic mass is 32.2. The zero-order valence-electron chi connectivity index (χ0n) is 14.5. The van der Waals surface area contributed by atoms with Crippen molar-refractivity contribution in [3.63, 3.8) is 0 Å². The fraction of sp³-hybridized carbons (Fsp3) is 0.316. The standard InChI is InChI=1S/C19H20N2O4S/c1-26(23,24)21-9-8-14-12-15(6-7-18(14)21)19(22)20-10-11-25-13-16-4-2-3-5-17(16)20/h2-7,12H,8-11,13H2,1H3. The van der Waals surface area contributed by atoms with E-state index in [1.165, 1.54) is 10.6 Å². The van der Waals surface area contributed by atoms with Crippen LogP contribution in [0.25, 0.3) is 0 Å². The van der Waals surface area contributed by atoms with Gasteiger partial charge in [0.15, 0.2) is 0 Å². The number of carbonyl (C=O) groups excluding carboxylic acids is 1. The van der Waals surface area contributed by atoms with Gasteiger partial charge in [0.2, 0.25) is 10.0 Å². The van der Waals surface area contributed by atoms with Gasteiger partial charge in [0, 0.05) is 29.9 Å². The Bertz CT molecular complexity index is 971. The summed E-state index contributed by atoms with van der Waals surface area (Å²) >= 11 is 0. The van der Waals surface area contributed by atoms with Gasteiger partial charge in [-0.05, 0) is 36.2 Å². The number of nitrogens with zero attached hydrogens (tertiary/aromatic N) is 2. The first-order valence-corrected chi connectivity index (χ1v) is 10.4. The summed E-state index contributed by atoms with van der Waals surface area (Å²) in [5.41, 5.74) is 3.98. The lowest BCUT2D eigenvalue weighted by molar-refractivity contribution is 0.0966. The number of hydrogen-bond donors (Lipinski definition) is 0. The molecule has 1 amide bonds. The van der Waals surface area contributed by atoms with Crippen molar-refractivity contribution < 1.29 is 17.9 Å². The molecule has 0 unspecified atom stereocenters. The van der Waals surface area contributed by atoms with Gasteiger partial charge >= 0.3 is 0 Å². The van der Waals surface area contributed by atoms with Crippen molar-refractivity contribution in [2.75, 3.05) is 35.2 Å². The average molecular weight is 372 g/mol. The van der Waals surface area contributed by atoms with Crippen molar-refractivity contribution in [2.45, 2.75) is 13.0 Å². The summed E-state index contributed by atoms with van der Waals surface area (Å²) < 4.78 is 30.7. The molecule has 26 heavy (non-hydrogen) atoms. The molecule has 0 atom stereocenters. The number of para-hydroxylation sites is 1. The smallest absolute Gasteiger partial charge is 0.258 e. The molecule has 2 aromatic carbocycles. The second-order valence-electron chi connectivity index (χ2n) is 6.57. The Morgan fingerprint density at radius 2 is 1.85 bits per heavy atom. The summed E-state index contributed by atoms with van der Waals surface area (Å²) in [7, 11) is -3.29. The van der Waals surface area contributed by atoms with E-state index in [0.29, 0.717) is 44.0 Å². The van der Waals surface area contributed by atoms with Crippen LogP contribution in [0.15, 0.2) is 42.5 Å². The summed E-state index contributed by atoms with van der Waals surface area (Å²) in [5, 5.41) is 0. The normalized spacial score (nSPS) is 16.8. The van der Waals surface area contributed by atoms with Crippen molar-refractivity contribution in [1.29, 1.82) is 0 Å². The number of amides is 1. The summed E-state index contributed by atoms with van der Waals surface area (Å²) in [4.78, 5) is 14.9. The minimum Gasteiger partial charge on any atom is -0.375 e.